The molecule has 2 fully saturated rings. The quantitative estimate of drug-likeness (QED) is 0.329. The van der Waals surface area contributed by atoms with E-state index in [1.165, 1.54) is 16.7 Å². The first-order chi connectivity index (χ1) is 20.4. The monoisotopic (exact) mass is 653 g/mol. The summed E-state index contributed by atoms with van der Waals surface area (Å²) in [5.74, 6) is -0.905. The lowest BCUT2D eigenvalue weighted by Gasteiger charge is -2.38. The van der Waals surface area contributed by atoms with Crippen LogP contribution < -0.4 is 0 Å². The summed E-state index contributed by atoms with van der Waals surface area (Å²) < 4.78 is 128. The summed E-state index contributed by atoms with van der Waals surface area (Å²) in [6.07, 6.45) is -12.1. The highest BCUT2D eigenvalue weighted by molar-refractivity contribution is 7.92. The van der Waals surface area contributed by atoms with Crippen LogP contribution in [0.25, 0.3) is 0 Å². The van der Waals surface area contributed by atoms with Crippen molar-refractivity contribution in [1.82, 2.24) is 14.7 Å². The van der Waals surface area contributed by atoms with Crippen molar-refractivity contribution < 1.29 is 53.5 Å². The van der Waals surface area contributed by atoms with Crippen LogP contribution in [-0.4, -0.2) is 93.3 Å². The highest BCUT2D eigenvalue weighted by Gasteiger charge is 2.73. The number of halogens is 7. The zero-order chi connectivity index (χ0) is 32.7. The van der Waals surface area contributed by atoms with E-state index in [4.69, 9.17) is 0 Å². The first kappa shape index (κ1) is 33.5. The van der Waals surface area contributed by atoms with Gasteiger partial charge < -0.3 is 19.4 Å². The molecule has 242 valence electrons. The fourth-order valence-electron chi connectivity index (χ4n) is 5.77. The normalized spacial score (nSPS) is 20.2. The molecule has 0 radical (unpaired) electrons. The third-order valence-electron chi connectivity index (χ3n) is 8.11. The van der Waals surface area contributed by atoms with E-state index in [0.717, 1.165) is 43.3 Å². The van der Waals surface area contributed by atoms with E-state index in [9.17, 15) is 48.7 Å². The molecule has 1 atom stereocenters. The molecule has 0 aliphatic carbocycles. The van der Waals surface area contributed by atoms with Crippen LogP contribution in [0.15, 0.2) is 53.4 Å². The third kappa shape index (κ3) is 5.61. The van der Waals surface area contributed by atoms with Gasteiger partial charge in [-0.1, -0.05) is 24.3 Å². The fraction of sp³-hybridized carbons (Fsp3) is 0.500. The highest BCUT2D eigenvalue weighted by atomic mass is 32.2. The lowest BCUT2D eigenvalue weighted by molar-refractivity contribution is -0.388. The fourth-order valence-corrected chi connectivity index (χ4v) is 7.85. The molecule has 1 unspecified atom stereocenters. The maximum absolute atomic E-state index is 14.1. The molecule has 2 aromatic rings. The molecular formula is C28H30F7N3O5S. The summed E-state index contributed by atoms with van der Waals surface area (Å²) >= 11 is 0. The number of rotatable bonds is 6. The second-order valence-corrected chi connectivity index (χ2v) is 12.8. The standard InChI is InChI=1S/C28H30F7N3O5S/c1-3-43-26(27(30,31)32,28(33,34)35)21-6-4-20(5-7-21)25(44(41,42)23-10-8-22(29)9-11-23)12-13-38(18-25)24(40)37-16-14-36(15-17-37)19(2)39/h4-11H,3,12-18H2,1-2H3. The van der Waals surface area contributed by atoms with Crippen molar-refractivity contribution in [2.75, 3.05) is 45.9 Å². The summed E-state index contributed by atoms with van der Waals surface area (Å²) in [6.45, 7) is 1.72. The number of hydrogen-bond donors (Lipinski definition) is 0. The van der Waals surface area contributed by atoms with Gasteiger partial charge in [-0.3, -0.25) is 4.79 Å². The molecule has 0 aromatic heterocycles. The van der Waals surface area contributed by atoms with Crippen LogP contribution in [0.5, 0.6) is 0 Å². The number of piperazine rings is 1. The number of hydrogen-bond acceptors (Lipinski definition) is 5. The molecule has 2 aliphatic rings. The van der Waals surface area contributed by atoms with Gasteiger partial charge in [-0.05, 0) is 43.2 Å². The molecule has 3 amide bonds. The summed E-state index contributed by atoms with van der Waals surface area (Å²) in [4.78, 5) is 29.0. The number of carbonyl (C=O) groups is 2. The Hall–Kier alpha value is -3.40. The summed E-state index contributed by atoms with van der Waals surface area (Å²) in [5.41, 5.74) is -6.13. The summed E-state index contributed by atoms with van der Waals surface area (Å²) in [6, 6.07) is 6.05. The summed E-state index contributed by atoms with van der Waals surface area (Å²) in [5, 5.41) is 0. The van der Waals surface area contributed by atoms with Gasteiger partial charge in [0.25, 0.3) is 5.60 Å². The van der Waals surface area contributed by atoms with E-state index in [1.807, 2.05) is 0 Å². The molecule has 2 aromatic carbocycles. The lowest BCUT2D eigenvalue weighted by atomic mass is 9.88. The number of alkyl halides is 6. The van der Waals surface area contributed by atoms with Gasteiger partial charge >= 0.3 is 18.4 Å². The van der Waals surface area contributed by atoms with Gasteiger partial charge in [-0.15, -0.1) is 0 Å². The Labute approximate surface area is 249 Å². The minimum Gasteiger partial charge on any atom is -0.354 e. The second-order valence-electron chi connectivity index (χ2n) is 10.6. The molecule has 0 N–H and O–H groups in total. The van der Waals surface area contributed by atoms with Crippen LogP contribution in [0.1, 0.15) is 31.4 Å². The van der Waals surface area contributed by atoms with Crippen molar-refractivity contribution in [3.05, 3.63) is 65.5 Å². The number of ether oxygens (including phenoxy) is 1. The maximum Gasteiger partial charge on any atom is 0.430 e. The zero-order valence-corrected chi connectivity index (χ0v) is 24.5. The van der Waals surface area contributed by atoms with Crippen molar-refractivity contribution in [3.63, 3.8) is 0 Å². The van der Waals surface area contributed by atoms with Crippen LogP contribution in [-0.2, 0) is 29.7 Å². The van der Waals surface area contributed by atoms with Crippen molar-refractivity contribution in [3.8, 4) is 0 Å². The molecule has 2 heterocycles. The average Bonchev–Trinajstić information content (AvgIpc) is 3.42. The second kappa shape index (κ2) is 11.8. The van der Waals surface area contributed by atoms with Gasteiger partial charge in [0, 0.05) is 58.4 Å². The Balaban J connectivity index is 1.77. The summed E-state index contributed by atoms with van der Waals surface area (Å²) in [7, 11) is -4.51. The predicted octanol–water partition coefficient (Wildman–Crippen LogP) is 4.84. The molecule has 0 saturated carbocycles. The van der Waals surface area contributed by atoms with Crippen molar-refractivity contribution in [2.24, 2.45) is 0 Å². The van der Waals surface area contributed by atoms with Gasteiger partial charge in [0.05, 0.1) is 4.90 Å². The molecule has 4 rings (SSSR count). The Morgan fingerprint density at radius 1 is 0.818 bits per heavy atom. The van der Waals surface area contributed by atoms with Gasteiger partial charge in [0.1, 0.15) is 10.6 Å². The number of urea groups is 1. The smallest absolute Gasteiger partial charge is 0.354 e. The minimum absolute atomic E-state index is 0.109. The van der Waals surface area contributed by atoms with E-state index in [0.29, 0.717) is 12.1 Å². The maximum atomic E-state index is 14.1. The van der Waals surface area contributed by atoms with E-state index >= 15 is 0 Å². The SMILES string of the molecule is CCOC(c1ccc(C2(S(=O)(=O)c3ccc(F)cc3)CCN(C(=O)N3CCN(C(C)=O)CC3)C2)cc1)(C(F)(F)F)C(F)(F)F. The van der Waals surface area contributed by atoms with Crippen LogP contribution in [0.2, 0.25) is 0 Å². The molecule has 2 aliphatic heterocycles. The molecule has 44 heavy (non-hydrogen) atoms. The van der Waals surface area contributed by atoms with E-state index in [1.54, 1.807) is 4.90 Å². The van der Waals surface area contributed by atoms with Crippen molar-refractivity contribution >= 4 is 21.8 Å². The van der Waals surface area contributed by atoms with Crippen LogP contribution in [0.3, 0.4) is 0 Å². The van der Waals surface area contributed by atoms with Gasteiger partial charge in [0.2, 0.25) is 5.91 Å². The largest absolute Gasteiger partial charge is 0.430 e. The molecule has 16 heteroatoms. The third-order valence-corrected chi connectivity index (χ3v) is 10.6. The van der Waals surface area contributed by atoms with Crippen LogP contribution >= 0.6 is 0 Å². The first-order valence-electron chi connectivity index (χ1n) is 13.6. The average molecular weight is 654 g/mol. The van der Waals surface area contributed by atoms with Crippen molar-refractivity contribution in [1.29, 1.82) is 0 Å². The minimum atomic E-state index is -5.91. The molecule has 0 spiro atoms. The number of carbonyl (C=O) groups excluding carboxylic acids is 2. The van der Waals surface area contributed by atoms with Gasteiger partial charge in [-0.2, -0.15) is 26.3 Å². The molecule has 8 nitrogen and oxygen atoms in total. The Morgan fingerprint density at radius 3 is 1.82 bits per heavy atom. The molecule has 0 bridgehead atoms. The first-order valence-corrected chi connectivity index (χ1v) is 15.1. The number of nitrogens with zero attached hydrogens (tertiary/aromatic N) is 3. The van der Waals surface area contributed by atoms with Crippen LogP contribution in [0.4, 0.5) is 35.5 Å². The van der Waals surface area contributed by atoms with Crippen molar-refractivity contribution in [2.45, 2.75) is 47.9 Å². The highest BCUT2D eigenvalue weighted by Crippen LogP contribution is 2.53. The van der Waals surface area contributed by atoms with E-state index in [2.05, 4.69) is 4.74 Å². The van der Waals surface area contributed by atoms with Gasteiger partial charge in [0.15, 0.2) is 9.84 Å². The molecule has 2 saturated heterocycles. The van der Waals surface area contributed by atoms with E-state index in [-0.39, 0.29) is 55.5 Å². The number of likely N-dealkylation sites (tertiary alicyclic amines) is 1. The lowest BCUT2D eigenvalue weighted by Crippen LogP contribution is -2.56. The Bertz CT molecular complexity index is 1460. The zero-order valence-electron chi connectivity index (χ0n) is 23.7. The van der Waals surface area contributed by atoms with E-state index < -0.39 is 63.1 Å². The Morgan fingerprint density at radius 2 is 1.34 bits per heavy atom. The Kier molecular flexibility index (Phi) is 9.01. The number of amides is 3. The topological polar surface area (TPSA) is 87.2 Å². The predicted molar refractivity (Wildman–Crippen MR) is 143 cm³/mol. The molecular weight excluding hydrogens is 623 g/mol. The van der Waals surface area contributed by atoms with Crippen LogP contribution in [0, 0.1) is 5.82 Å². The number of benzene rings is 2. The van der Waals surface area contributed by atoms with Gasteiger partial charge in [-0.25, -0.2) is 17.6 Å². The number of sulfone groups is 1.